The van der Waals surface area contributed by atoms with Gasteiger partial charge in [-0.3, -0.25) is 4.79 Å². The van der Waals surface area contributed by atoms with Crippen molar-refractivity contribution in [1.29, 1.82) is 0 Å². The minimum absolute atomic E-state index is 0.0437. The van der Waals surface area contributed by atoms with Crippen molar-refractivity contribution in [3.63, 3.8) is 0 Å². The molecule has 1 amide bonds. The fourth-order valence-electron chi connectivity index (χ4n) is 2.78. The van der Waals surface area contributed by atoms with Crippen molar-refractivity contribution in [1.82, 2.24) is 5.32 Å². The minimum atomic E-state index is -0.288. The lowest BCUT2D eigenvalue weighted by Crippen LogP contribution is -2.29. The summed E-state index contributed by atoms with van der Waals surface area (Å²) in [5.74, 6) is -0.119. The topological polar surface area (TPSA) is 38.3 Å². The lowest BCUT2D eigenvalue weighted by Gasteiger charge is -2.26. The zero-order valence-electron chi connectivity index (χ0n) is 12.5. The third-order valence-electron chi connectivity index (χ3n) is 4.05. The summed E-state index contributed by atoms with van der Waals surface area (Å²) in [6.45, 7) is 1.51. The number of halogens is 1. The molecule has 0 bridgehead atoms. The number of carbonyl (C=O) groups is 1. The van der Waals surface area contributed by atoms with Gasteiger partial charge in [0.2, 0.25) is 5.91 Å². The number of rotatable bonds is 5. The molecule has 21 heavy (non-hydrogen) atoms. The molecule has 1 heterocycles. The Morgan fingerprint density at radius 1 is 1.48 bits per heavy atom. The van der Waals surface area contributed by atoms with Gasteiger partial charge in [0.25, 0.3) is 0 Å². The largest absolute Gasteiger partial charge is 0.381 e. The van der Waals surface area contributed by atoms with Crippen molar-refractivity contribution in [2.75, 3.05) is 26.5 Å². The standard InChI is InChI=1S/C16H22FNO2S/c1-18-16(19)13(9-11-5-7-20-8-6-11)12-3-4-15(21-2)14(17)10-12/h3-4,10-11,13H,5-9H2,1-2H3,(H,18,19). The van der Waals surface area contributed by atoms with Crippen molar-refractivity contribution >= 4 is 17.7 Å². The first-order valence-electron chi connectivity index (χ1n) is 7.28. The highest BCUT2D eigenvalue weighted by Gasteiger charge is 2.26. The summed E-state index contributed by atoms with van der Waals surface area (Å²) in [4.78, 5) is 12.8. The van der Waals surface area contributed by atoms with E-state index < -0.39 is 0 Å². The maximum absolute atomic E-state index is 14.0. The molecule has 1 aromatic rings. The van der Waals surface area contributed by atoms with Crippen LogP contribution in [0.5, 0.6) is 0 Å². The molecule has 3 nitrogen and oxygen atoms in total. The third-order valence-corrected chi connectivity index (χ3v) is 4.82. The number of ether oxygens (including phenoxy) is 1. The molecular weight excluding hydrogens is 289 g/mol. The van der Waals surface area contributed by atoms with E-state index in [1.165, 1.54) is 17.8 Å². The van der Waals surface area contributed by atoms with Gasteiger partial charge in [-0.15, -0.1) is 11.8 Å². The summed E-state index contributed by atoms with van der Waals surface area (Å²) in [7, 11) is 1.63. The maximum Gasteiger partial charge on any atom is 0.227 e. The first kappa shape index (κ1) is 16.3. The third kappa shape index (κ3) is 4.20. The van der Waals surface area contributed by atoms with Crippen LogP contribution in [0.25, 0.3) is 0 Å². The summed E-state index contributed by atoms with van der Waals surface area (Å²) in [6.07, 6.45) is 4.54. The number of benzene rings is 1. The smallest absolute Gasteiger partial charge is 0.227 e. The van der Waals surface area contributed by atoms with Gasteiger partial charge in [0.05, 0.1) is 5.92 Å². The Kier molecular flexibility index (Phi) is 6.06. The first-order valence-corrected chi connectivity index (χ1v) is 8.51. The molecular formula is C16H22FNO2S. The molecule has 0 aliphatic carbocycles. The van der Waals surface area contributed by atoms with Crippen LogP contribution in [0.4, 0.5) is 4.39 Å². The van der Waals surface area contributed by atoms with Gasteiger partial charge in [-0.1, -0.05) is 6.07 Å². The van der Waals surface area contributed by atoms with Crippen LogP contribution in [-0.2, 0) is 9.53 Å². The average Bonchev–Trinajstić information content (AvgIpc) is 2.53. The van der Waals surface area contributed by atoms with Gasteiger partial charge in [0.15, 0.2) is 0 Å². The number of hydrogen-bond donors (Lipinski definition) is 1. The van der Waals surface area contributed by atoms with E-state index in [1.807, 2.05) is 12.3 Å². The van der Waals surface area contributed by atoms with Gasteiger partial charge in [-0.05, 0) is 49.1 Å². The molecule has 5 heteroatoms. The molecule has 1 atom stereocenters. The zero-order chi connectivity index (χ0) is 15.2. The fraction of sp³-hybridized carbons (Fsp3) is 0.562. The Bertz CT molecular complexity index is 489. The Hall–Kier alpha value is -1.07. The molecule has 0 radical (unpaired) electrons. The van der Waals surface area contributed by atoms with E-state index in [9.17, 15) is 9.18 Å². The molecule has 1 aromatic carbocycles. The van der Waals surface area contributed by atoms with Crippen LogP contribution in [0.3, 0.4) is 0 Å². The number of amides is 1. The summed E-state index contributed by atoms with van der Waals surface area (Å²) in [5, 5.41) is 2.70. The minimum Gasteiger partial charge on any atom is -0.381 e. The van der Waals surface area contributed by atoms with E-state index in [0.29, 0.717) is 10.8 Å². The van der Waals surface area contributed by atoms with E-state index in [-0.39, 0.29) is 17.6 Å². The van der Waals surface area contributed by atoms with Crippen LogP contribution >= 0.6 is 11.8 Å². The van der Waals surface area contributed by atoms with Gasteiger partial charge < -0.3 is 10.1 Å². The summed E-state index contributed by atoms with van der Waals surface area (Å²) in [6, 6.07) is 5.13. The van der Waals surface area contributed by atoms with Crippen molar-refractivity contribution in [2.24, 2.45) is 5.92 Å². The SMILES string of the molecule is CNC(=O)C(CC1CCOCC1)c1ccc(SC)c(F)c1. The molecule has 1 N–H and O–H groups in total. The number of likely N-dealkylation sites (N-methyl/N-ethyl adjacent to an activating group) is 1. The maximum atomic E-state index is 14.0. The molecule has 1 unspecified atom stereocenters. The number of hydrogen-bond acceptors (Lipinski definition) is 3. The van der Waals surface area contributed by atoms with Crippen LogP contribution in [0.1, 0.15) is 30.7 Å². The quantitative estimate of drug-likeness (QED) is 0.849. The van der Waals surface area contributed by atoms with Crippen LogP contribution in [-0.4, -0.2) is 32.4 Å². The van der Waals surface area contributed by atoms with E-state index in [4.69, 9.17) is 4.74 Å². The highest BCUT2D eigenvalue weighted by atomic mass is 32.2. The summed E-state index contributed by atoms with van der Waals surface area (Å²) >= 11 is 1.37. The highest BCUT2D eigenvalue weighted by molar-refractivity contribution is 7.98. The Morgan fingerprint density at radius 2 is 2.19 bits per heavy atom. The highest BCUT2D eigenvalue weighted by Crippen LogP contribution is 2.31. The second-order valence-electron chi connectivity index (χ2n) is 5.35. The second-order valence-corrected chi connectivity index (χ2v) is 6.20. The lowest BCUT2D eigenvalue weighted by molar-refractivity contribution is -0.122. The zero-order valence-corrected chi connectivity index (χ0v) is 13.3. The summed E-state index contributed by atoms with van der Waals surface area (Å²) in [5.41, 5.74) is 0.760. The van der Waals surface area contributed by atoms with E-state index >= 15 is 0 Å². The predicted molar refractivity (Wildman–Crippen MR) is 83.1 cm³/mol. The Labute approximate surface area is 129 Å². The Balaban J connectivity index is 2.18. The van der Waals surface area contributed by atoms with E-state index in [0.717, 1.165) is 38.0 Å². The lowest BCUT2D eigenvalue weighted by atomic mass is 9.84. The fourth-order valence-corrected chi connectivity index (χ4v) is 3.24. The van der Waals surface area contributed by atoms with Crippen molar-refractivity contribution in [3.05, 3.63) is 29.6 Å². The van der Waals surface area contributed by atoms with Crippen LogP contribution < -0.4 is 5.32 Å². The molecule has 2 rings (SSSR count). The molecule has 0 aromatic heterocycles. The molecule has 0 saturated carbocycles. The van der Waals surface area contributed by atoms with Gasteiger partial charge in [0, 0.05) is 25.2 Å². The van der Waals surface area contributed by atoms with Crippen LogP contribution in [0.15, 0.2) is 23.1 Å². The molecule has 1 fully saturated rings. The molecule has 1 aliphatic heterocycles. The van der Waals surface area contributed by atoms with Gasteiger partial charge >= 0.3 is 0 Å². The average molecular weight is 311 g/mol. The Morgan fingerprint density at radius 3 is 2.76 bits per heavy atom. The van der Waals surface area contributed by atoms with Crippen LogP contribution in [0, 0.1) is 11.7 Å². The van der Waals surface area contributed by atoms with E-state index in [1.54, 1.807) is 13.1 Å². The van der Waals surface area contributed by atoms with Gasteiger partial charge in [-0.2, -0.15) is 0 Å². The second kappa shape index (κ2) is 7.80. The molecule has 0 spiro atoms. The number of thioether (sulfide) groups is 1. The predicted octanol–water partition coefficient (Wildman–Crippen LogP) is 3.19. The van der Waals surface area contributed by atoms with Gasteiger partial charge in [-0.25, -0.2) is 4.39 Å². The number of nitrogens with one attached hydrogen (secondary N) is 1. The van der Waals surface area contributed by atoms with Crippen molar-refractivity contribution in [3.8, 4) is 0 Å². The summed E-state index contributed by atoms with van der Waals surface area (Å²) < 4.78 is 19.3. The first-order chi connectivity index (χ1) is 10.2. The molecule has 1 aliphatic rings. The van der Waals surface area contributed by atoms with Crippen molar-refractivity contribution in [2.45, 2.75) is 30.1 Å². The molecule has 116 valence electrons. The van der Waals surface area contributed by atoms with Crippen LogP contribution in [0.2, 0.25) is 0 Å². The number of carbonyl (C=O) groups excluding carboxylic acids is 1. The normalized spacial score (nSPS) is 17.5. The van der Waals surface area contributed by atoms with Crippen molar-refractivity contribution < 1.29 is 13.9 Å². The monoisotopic (exact) mass is 311 g/mol. The van der Waals surface area contributed by atoms with Gasteiger partial charge in [0.1, 0.15) is 5.82 Å². The van der Waals surface area contributed by atoms with E-state index in [2.05, 4.69) is 5.32 Å². The molecule has 1 saturated heterocycles.